The first-order valence-corrected chi connectivity index (χ1v) is 5.58. The van der Waals surface area contributed by atoms with E-state index in [0.717, 1.165) is 0 Å². The molecule has 1 aliphatic rings. The summed E-state index contributed by atoms with van der Waals surface area (Å²) in [6.07, 6.45) is 3.14. The molecule has 0 saturated heterocycles. The number of anilines is 2. The first kappa shape index (κ1) is 10.9. The Hall–Kier alpha value is -2.21. The van der Waals surface area contributed by atoms with Crippen molar-refractivity contribution < 1.29 is 9.53 Å². The van der Waals surface area contributed by atoms with Crippen molar-refractivity contribution in [3.63, 3.8) is 0 Å². The number of fused-ring (bicyclic) bond motifs is 1. The molecule has 0 atom stereocenters. The van der Waals surface area contributed by atoms with Gasteiger partial charge in [-0.25, -0.2) is 4.68 Å². The van der Waals surface area contributed by atoms with Gasteiger partial charge < -0.3 is 15.8 Å². The summed E-state index contributed by atoms with van der Waals surface area (Å²) >= 11 is 5.81. The molecule has 1 aromatic carbocycles. The molecule has 0 unspecified atom stereocenters. The number of benzene rings is 1. The Balaban J connectivity index is 2.11. The fourth-order valence-corrected chi connectivity index (χ4v) is 1.90. The van der Waals surface area contributed by atoms with Crippen molar-refractivity contribution in [2.75, 3.05) is 17.7 Å². The molecule has 0 aliphatic carbocycles. The van der Waals surface area contributed by atoms with E-state index in [1.54, 1.807) is 23.0 Å². The molecule has 92 valence electrons. The molecule has 6 nitrogen and oxygen atoms in total. The molecule has 1 amide bonds. The zero-order valence-electron chi connectivity index (χ0n) is 9.18. The minimum atomic E-state index is -0.197. The summed E-state index contributed by atoms with van der Waals surface area (Å²) in [6.45, 7) is -0.000610. The van der Waals surface area contributed by atoms with Gasteiger partial charge in [0.25, 0.3) is 5.91 Å². The third kappa shape index (κ3) is 1.76. The van der Waals surface area contributed by atoms with Gasteiger partial charge in [-0.1, -0.05) is 11.6 Å². The van der Waals surface area contributed by atoms with Crippen molar-refractivity contribution in [2.24, 2.45) is 0 Å². The number of amides is 1. The molecule has 0 spiro atoms. The molecule has 0 radical (unpaired) electrons. The van der Waals surface area contributed by atoms with Crippen molar-refractivity contribution in [3.05, 3.63) is 29.5 Å². The van der Waals surface area contributed by atoms with E-state index in [1.807, 2.05) is 0 Å². The highest BCUT2D eigenvalue weighted by molar-refractivity contribution is 6.30. The van der Waals surface area contributed by atoms with Crippen LogP contribution in [0.2, 0.25) is 5.02 Å². The van der Waals surface area contributed by atoms with Gasteiger partial charge in [0, 0.05) is 12.3 Å². The van der Waals surface area contributed by atoms with Crippen LogP contribution in [-0.2, 0) is 4.79 Å². The van der Waals surface area contributed by atoms with Crippen molar-refractivity contribution in [1.29, 1.82) is 0 Å². The third-order valence-electron chi connectivity index (χ3n) is 2.56. The van der Waals surface area contributed by atoms with Gasteiger partial charge >= 0.3 is 0 Å². The van der Waals surface area contributed by atoms with Crippen LogP contribution in [0.3, 0.4) is 0 Å². The van der Waals surface area contributed by atoms with E-state index in [2.05, 4.69) is 10.4 Å². The van der Waals surface area contributed by atoms with Crippen molar-refractivity contribution in [2.45, 2.75) is 0 Å². The molecule has 1 aromatic heterocycles. The number of halogens is 1. The SMILES string of the molecule is Nc1cc2c(cc1-n1cc(Cl)cn1)NC(=O)CO2. The standard InChI is InChI=1S/C11H9ClN4O2/c12-6-3-14-16(4-6)9-2-8-10(1-7(9)13)18-5-11(17)15-8/h1-4H,5,13H2,(H,15,17). The third-order valence-corrected chi connectivity index (χ3v) is 2.75. The summed E-state index contributed by atoms with van der Waals surface area (Å²) in [6, 6.07) is 3.35. The molecule has 7 heteroatoms. The van der Waals surface area contributed by atoms with Gasteiger partial charge in [0.05, 0.1) is 28.3 Å². The molecular weight excluding hydrogens is 256 g/mol. The van der Waals surface area contributed by atoms with Crippen LogP contribution in [0.4, 0.5) is 11.4 Å². The summed E-state index contributed by atoms with van der Waals surface area (Å²) in [7, 11) is 0. The molecule has 3 rings (SSSR count). The number of nitrogen functional groups attached to an aromatic ring is 1. The number of hydrogen-bond acceptors (Lipinski definition) is 4. The molecule has 1 aliphatic heterocycles. The predicted octanol–water partition coefficient (Wildman–Crippen LogP) is 1.44. The summed E-state index contributed by atoms with van der Waals surface area (Å²) in [5.41, 5.74) is 7.62. The molecule has 2 heterocycles. The van der Waals surface area contributed by atoms with E-state index >= 15 is 0 Å². The van der Waals surface area contributed by atoms with Gasteiger partial charge in [0.1, 0.15) is 5.75 Å². The van der Waals surface area contributed by atoms with Crippen LogP contribution >= 0.6 is 11.6 Å². The van der Waals surface area contributed by atoms with Gasteiger partial charge in [0.2, 0.25) is 0 Å². The maximum Gasteiger partial charge on any atom is 0.262 e. The normalized spacial score (nSPS) is 13.7. The largest absolute Gasteiger partial charge is 0.482 e. The average Bonchev–Trinajstić information content (AvgIpc) is 2.75. The molecule has 2 aromatic rings. The van der Waals surface area contributed by atoms with Crippen LogP contribution in [0.15, 0.2) is 24.5 Å². The molecule has 0 fully saturated rings. The van der Waals surface area contributed by atoms with Crippen LogP contribution in [0, 0.1) is 0 Å². The first-order chi connectivity index (χ1) is 8.63. The highest BCUT2D eigenvalue weighted by Gasteiger charge is 2.18. The van der Waals surface area contributed by atoms with Crippen molar-refractivity contribution in [1.82, 2.24) is 9.78 Å². The van der Waals surface area contributed by atoms with E-state index in [0.29, 0.717) is 27.8 Å². The van der Waals surface area contributed by atoms with Gasteiger partial charge in [-0.3, -0.25) is 4.79 Å². The molecular formula is C11H9ClN4O2. The molecule has 3 N–H and O–H groups in total. The summed E-state index contributed by atoms with van der Waals surface area (Å²) < 4.78 is 6.81. The van der Waals surface area contributed by atoms with Gasteiger partial charge in [0.15, 0.2) is 6.61 Å². The molecule has 18 heavy (non-hydrogen) atoms. The Bertz CT molecular complexity index is 638. The van der Waals surface area contributed by atoms with Gasteiger partial charge in [-0.05, 0) is 6.07 Å². The second kappa shape index (κ2) is 3.92. The van der Waals surface area contributed by atoms with Crippen molar-refractivity contribution in [3.8, 4) is 11.4 Å². The van der Waals surface area contributed by atoms with E-state index in [4.69, 9.17) is 22.1 Å². The zero-order valence-corrected chi connectivity index (χ0v) is 9.94. The number of rotatable bonds is 1. The molecule has 0 saturated carbocycles. The lowest BCUT2D eigenvalue weighted by atomic mass is 10.2. The number of carbonyl (C=O) groups excluding carboxylic acids is 1. The fourth-order valence-electron chi connectivity index (χ4n) is 1.76. The van der Waals surface area contributed by atoms with Crippen LogP contribution in [0.5, 0.6) is 5.75 Å². The highest BCUT2D eigenvalue weighted by Crippen LogP contribution is 2.34. The monoisotopic (exact) mass is 264 g/mol. The van der Waals surface area contributed by atoms with E-state index in [-0.39, 0.29) is 12.5 Å². The van der Waals surface area contributed by atoms with Gasteiger partial charge in [-0.2, -0.15) is 5.10 Å². The number of nitrogens with two attached hydrogens (primary N) is 1. The topological polar surface area (TPSA) is 82.2 Å². The van der Waals surface area contributed by atoms with Crippen molar-refractivity contribution >= 4 is 28.9 Å². The number of nitrogens with one attached hydrogen (secondary N) is 1. The second-order valence-electron chi connectivity index (χ2n) is 3.85. The van der Waals surface area contributed by atoms with Crippen LogP contribution in [0.25, 0.3) is 5.69 Å². The lowest BCUT2D eigenvalue weighted by molar-refractivity contribution is -0.118. The average molecular weight is 265 g/mol. The Labute approximate surface area is 107 Å². The fraction of sp³-hybridized carbons (Fsp3) is 0.0909. The Morgan fingerprint density at radius 2 is 2.33 bits per heavy atom. The van der Waals surface area contributed by atoms with Crippen LogP contribution < -0.4 is 15.8 Å². The van der Waals surface area contributed by atoms with Crippen LogP contribution in [-0.4, -0.2) is 22.3 Å². The summed E-state index contributed by atoms with van der Waals surface area (Å²) in [5.74, 6) is 0.353. The Kier molecular flexibility index (Phi) is 2.38. The highest BCUT2D eigenvalue weighted by atomic mass is 35.5. The maximum atomic E-state index is 11.3. The van der Waals surface area contributed by atoms with E-state index in [1.165, 1.54) is 6.20 Å². The smallest absolute Gasteiger partial charge is 0.262 e. The van der Waals surface area contributed by atoms with Gasteiger partial charge in [-0.15, -0.1) is 0 Å². The quantitative estimate of drug-likeness (QED) is 0.764. The van der Waals surface area contributed by atoms with Crippen LogP contribution in [0.1, 0.15) is 0 Å². The lowest BCUT2D eigenvalue weighted by Gasteiger charge is -2.19. The minimum Gasteiger partial charge on any atom is -0.482 e. The Morgan fingerprint density at radius 1 is 1.50 bits per heavy atom. The number of nitrogens with zero attached hydrogens (tertiary/aromatic N) is 2. The Morgan fingerprint density at radius 3 is 3.06 bits per heavy atom. The summed E-state index contributed by atoms with van der Waals surface area (Å²) in [4.78, 5) is 11.3. The number of hydrogen-bond donors (Lipinski definition) is 2. The first-order valence-electron chi connectivity index (χ1n) is 5.20. The number of carbonyl (C=O) groups is 1. The van der Waals surface area contributed by atoms with E-state index < -0.39 is 0 Å². The summed E-state index contributed by atoms with van der Waals surface area (Å²) in [5, 5.41) is 7.28. The minimum absolute atomic E-state index is 0.000610. The maximum absolute atomic E-state index is 11.3. The lowest BCUT2D eigenvalue weighted by Crippen LogP contribution is -2.25. The second-order valence-corrected chi connectivity index (χ2v) is 4.28. The number of aromatic nitrogens is 2. The molecule has 0 bridgehead atoms. The van der Waals surface area contributed by atoms with E-state index in [9.17, 15) is 4.79 Å². The zero-order chi connectivity index (χ0) is 12.7. The predicted molar refractivity (Wildman–Crippen MR) is 67.1 cm³/mol. The number of ether oxygens (including phenoxy) is 1.